The second kappa shape index (κ2) is 6.35. The third-order valence-electron chi connectivity index (χ3n) is 4.25. The summed E-state index contributed by atoms with van der Waals surface area (Å²) in [5, 5.41) is 13.0. The summed E-state index contributed by atoms with van der Waals surface area (Å²) in [6.45, 7) is 4.17. The molecule has 1 atom stereocenters. The second-order valence-electron chi connectivity index (χ2n) is 5.98. The smallest absolute Gasteiger partial charge is 0.115 e. The van der Waals surface area contributed by atoms with Gasteiger partial charge in [0.15, 0.2) is 0 Å². The van der Waals surface area contributed by atoms with Crippen LogP contribution in [0.4, 0.5) is 0 Å². The first-order valence-corrected chi connectivity index (χ1v) is 7.96. The van der Waals surface area contributed by atoms with E-state index < -0.39 is 0 Å². The average Bonchev–Trinajstić information content (AvgIpc) is 2.90. The summed E-state index contributed by atoms with van der Waals surface area (Å²) in [7, 11) is 0. The number of nitrogens with zero attached hydrogens (tertiary/aromatic N) is 1. The minimum atomic E-state index is 0.328. The van der Waals surface area contributed by atoms with Crippen molar-refractivity contribution in [2.24, 2.45) is 0 Å². The normalized spacial score (nSPS) is 17.7. The van der Waals surface area contributed by atoms with E-state index in [4.69, 9.17) is 0 Å². The lowest BCUT2D eigenvalue weighted by molar-refractivity contribution is 0.462. The van der Waals surface area contributed by atoms with Crippen molar-refractivity contribution in [3.8, 4) is 5.75 Å². The van der Waals surface area contributed by atoms with Crippen LogP contribution in [0.1, 0.15) is 48.9 Å². The van der Waals surface area contributed by atoms with Gasteiger partial charge in [-0.2, -0.15) is 0 Å². The van der Waals surface area contributed by atoms with Gasteiger partial charge in [0, 0.05) is 25.0 Å². The first-order valence-electron chi connectivity index (χ1n) is 7.96. The van der Waals surface area contributed by atoms with Crippen LogP contribution in [0, 0.1) is 0 Å². The maximum absolute atomic E-state index is 9.36. The number of hydrogen-bond acceptors (Lipinski definition) is 2. The molecule has 2 aromatic rings. The Morgan fingerprint density at radius 1 is 1.24 bits per heavy atom. The molecule has 0 fully saturated rings. The van der Waals surface area contributed by atoms with Crippen molar-refractivity contribution in [1.29, 1.82) is 0 Å². The van der Waals surface area contributed by atoms with Gasteiger partial charge in [-0.25, -0.2) is 0 Å². The number of hydrogen-bond donors (Lipinski definition) is 2. The molecule has 0 amide bonds. The molecule has 2 N–H and O–H groups in total. The summed E-state index contributed by atoms with van der Waals surface area (Å²) >= 11 is 0. The van der Waals surface area contributed by atoms with E-state index in [0.717, 1.165) is 13.1 Å². The van der Waals surface area contributed by atoms with Gasteiger partial charge in [-0.1, -0.05) is 19.1 Å². The molecule has 1 heterocycles. The Kier molecular flexibility index (Phi) is 4.30. The van der Waals surface area contributed by atoms with Crippen LogP contribution in [0.15, 0.2) is 36.7 Å². The van der Waals surface area contributed by atoms with Crippen LogP contribution in [0.3, 0.4) is 0 Å². The average molecular weight is 284 g/mol. The van der Waals surface area contributed by atoms with E-state index in [1.54, 1.807) is 12.1 Å². The van der Waals surface area contributed by atoms with Gasteiger partial charge in [-0.15, -0.1) is 0 Å². The van der Waals surface area contributed by atoms with Gasteiger partial charge in [0.05, 0.1) is 0 Å². The number of nitrogens with one attached hydrogen (secondary N) is 1. The third-order valence-corrected chi connectivity index (χ3v) is 4.25. The molecule has 21 heavy (non-hydrogen) atoms. The highest BCUT2D eigenvalue weighted by Crippen LogP contribution is 2.30. The molecule has 0 saturated carbocycles. The minimum Gasteiger partial charge on any atom is -0.508 e. The van der Waals surface area contributed by atoms with Gasteiger partial charge in [0.1, 0.15) is 5.75 Å². The molecule has 0 aliphatic heterocycles. The van der Waals surface area contributed by atoms with Crippen molar-refractivity contribution in [3.63, 3.8) is 0 Å². The lowest BCUT2D eigenvalue weighted by Crippen LogP contribution is -2.24. The number of aromatic nitrogens is 1. The summed E-state index contributed by atoms with van der Waals surface area (Å²) in [5.74, 6) is 0.328. The number of benzene rings is 1. The molecule has 0 saturated heterocycles. The summed E-state index contributed by atoms with van der Waals surface area (Å²) in [6.07, 6.45) is 9.49. The maximum atomic E-state index is 9.36. The predicted molar refractivity (Wildman–Crippen MR) is 85.6 cm³/mol. The minimum absolute atomic E-state index is 0.328. The first kappa shape index (κ1) is 14.2. The fourth-order valence-electron chi connectivity index (χ4n) is 3.18. The van der Waals surface area contributed by atoms with Gasteiger partial charge >= 0.3 is 0 Å². The highest BCUT2D eigenvalue weighted by atomic mass is 16.3. The zero-order valence-electron chi connectivity index (χ0n) is 12.7. The Hall–Kier alpha value is -1.74. The molecule has 112 valence electrons. The fourth-order valence-corrected chi connectivity index (χ4v) is 3.18. The fraction of sp³-hybridized carbons (Fsp3) is 0.444. The number of aryl methyl sites for hydroxylation is 1. The zero-order chi connectivity index (χ0) is 14.7. The summed E-state index contributed by atoms with van der Waals surface area (Å²) in [5.41, 5.74) is 4.19. The third kappa shape index (κ3) is 3.30. The molecular weight excluding hydrogens is 260 g/mol. The quantitative estimate of drug-likeness (QED) is 0.880. The number of aromatic hydroxyl groups is 1. The first-order chi connectivity index (χ1) is 10.3. The van der Waals surface area contributed by atoms with Gasteiger partial charge in [-0.3, -0.25) is 0 Å². The summed E-state index contributed by atoms with van der Waals surface area (Å²) < 4.78 is 2.28. The molecule has 0 bridgehead atoms. The standard InChI is InChI=1S/C18H24N2O/c1-2-10-19-18-5-3-4-15-12-20(13-17(15)18)11-14-6-8-16(21)9-7-14/h6-9,12-13,18-19,21H,2-5,10-11H2,1H3. The van der Waals surface area contributed by atoms with Crippen molar-refractivity contribution in [2.75, 3.05) is 6.54 Å². The van der Waals surface area contributed by atoms with Crippen molar-refractivity contribution in [2.45, 2.75) is 45.2 Å². The van der Waals surface area contributed by atoms with E-state index >= 15 is 0 Å². The van der Waals surface area contributed by atoms with Crippen molar-refractivity contribution in [3.05, 3.63) is 53.3 Å². The highest BCUT2D eigenvalue weighted by molar-refractivity contribution is 5.32. The van der Waals surface area contributed by atoms with E-state index in [1.165, 1.54) is 42.4 Å². The molecule has 3 heteroatoms. The SMILES string of the molecule is CCCNC1CCCc2cn(Cc3ccc(O)cc3)cc21. The lowest BCUT2D eigenvalue weighted by Gasteiger charge is -2.23. The summed E-state index contributed by atoms with van der Waals surface area (Å²) in [6, 6.07) is 8.01. The van der Waals surface area contributed by atoms with E-state index in [0.29, 0.717) is 11.8 Å². The topological polar surface area (TPSA) is 37.2 Å². The molecule has 0 spiro atoms. The number of phenolic OH excluding ortho intramolecular Hbond substituents is 1. The van der Waals surface area contributed by atoms with Gasteiger partial charge in [0.25, 0.3) is 0 Å². The van der Waals surface area contributed by atoms with Crippen molar-refractivity contribution >= 4 is 0 Å². The Labute approximate surface area is 126 Å². The molecule has 1 aliphatic carbocycles. The van der Waals surface area contributed by atoms with Crippen molar-refractivity contribution < 1.29 is 5.11 Å². The van der Waals surface area contributed by atoms with Crippen LogP contribution in [0.5, 0.6) is 5.75 Å². The molecule has 1 aliphatic rings. The largest absolute Gasteiger partial charge is 0.508 e. The Morgan fingerprint density at radius 3 is 2.81 bits per heavy atom. The molecule has 3 nitrogen and oxygen atoms in total. The molecule has 1 aromatic carbocycles. The molecule has 1 aromatic heterocycles. The highest BCUT2D eigenvalue weighted by Gasteiger charge is 2.21. The summed E-state index contributed by atoms with van der Waals surface area (Å²) in [4.78, 5) is 0. The molecule has 3 rings (SSSR count). The predicted octanol–water partition coefficient (Wildman–Crippen LogP) is 3.62. The number of phenols is 1. The lowest BCUT2D eigenvalue weighted by atomic mass is 9.91. The van der Waals surface area contributed by atoms with E-state index in [-0.39, 0.29) is 0 Å². The van der Waals surface area contributed by atoms with Crippen LogP contribution < -0.4 is 5.32 Å². The van der Waals surface area contributed by atoms with Crippen molar-refractivity contribution in [1.82, 2.24) is 9.88 Å². The van der Waals surface area contributed by atoms with Gasteiger partial charge in [-0.05, 0) is 61.1 Å². The second-order valence-corrected chi connectivity index (χ2v) is 5.98. The van der Waals surface area contributed by atoms with Crippen LogP contribution in [-0.4, -0.2) is 16.2 Å². The van der Waals surface area contributed by atoms with Crippen LogP contribution in [0.2, 0.25) is 0 Å². The molecule has 1 unspecified atom stereocenters. The zero-order valence-corrected chi connectivity index (χ0v) is 12.7. The van der Waals surface area contributed by atoms with Crippen LogP contribution in [-0.2, 0) is 13.0 Å². The van der Waals surface area contributed by atoms with E-state index in [2.05, 4.69) is 29.2 Å². The van der Waals surface area contributed by atoms with E-state index in [9.17, 15) is 5.11 Å². The van der Waals surface area contributed by atoms with E-state index in [1.807, 2.05) is 12.1 Å². The number of rotatable bonds is 5. The molecule has 0 radical (unpaired) electrons. The Morgan fingerprint density at radius 2 is 2.05 bits per heavy atom. The Balaban J connectivity index is 1.76. The monoisotopic (exact) mass is 284 g/mol. The number of fused-ring (bicyclic) bond motifs is 1. The van der Waals surface area contributed by atoms with Crippen LogP contribution in [0.25, 0.3) is 0 Å². The Bertz CT molecular complexity index is 586. The van der Waals surface area contributed by atoms with Gasteiger partial charge in [0.2, 0.25) is 0 Å². The van der Waals surface area contributed by atoms with Gasteiger partial charge < -0.3 is 15.0 Å². The maximum Gasteiger partial charge on any atom is 0.115 e. The molecular formula is C18H24N2O. The van der Waals surface area contributed by atoms with Crippen LogP contribution >= 0.6 is 0 Å².